The lowest BCUT2D eigenvalue weighted by Crippen LogP contribution is -2.41. The van der Waals surface area contributed by atoms with Crippen LogP contribution in [0, 0.1) is 17.8 Å². The Morgan fingerprint density at radius 3 is 2.25 bits per heavy atom. The van der Waals surface area contributed by atoms with Gasteiger partial charge in [0.05, 0.1) is 5.56 Å². The molecule has 2 aliphatic heterocycles. The Hall–Kier alpha value is -1.56. The molecule has 1 aliphatic carbocycles. The van der Waals surface area contributed by atoms with Crippen LogP contribution in [-0.4, -0.2) is 41.9 Å². The van der Waals surface area contributed by atoms with Crippen LogP contribution >= 0.6 is 0 Å². The van der Waals surface area contributed by atoms with E-state index in [4.69, 9.17) is 0 Å². The first-order chi connectivity index (χ1) is 13.4. The summed E-state index contributed by atoms with van der Waals surface area (Å²) in [5, 5.41) is 0. The van der Waals surface area contributed by atoms with E-state index in [1.165, 1.54) is 37.8 Å². The maximum absolute atomic E-state index is 12.9. The Labute approximate surface area is 164 Å². The Kier molecular flexibility index (Phi) is 5.68. The van der Waals surface area contributed by atoms with Crippen molar-refractivity contribution < 1.29 is 18.0 Å². The number of piperidine rings is 1. The zero-order valence-corrected chi connectivity index (χ0v) is 16.3. The van der Waals surface area contributed by atoms with Crippen LogP contribution in [0.1, 0.15) is 49.7 Å². The third-order valence-electron chi connectivity index (χ3n) is 6.89. The topological polar surface area (TPSA) is 23.6 Å². The fraction of sp³-hybridized carbons (Fsp3) is 0.682. The highest BCUT2D eigenvalue weighted by molar-refractivity contribution is 5.79. The lowest BCUT2D eigenvalue weighted by Gasteiger charge is -2.33. The van der Waals surface area contributed by atoms with Gasteiger partial charge in [-0.25, -0.2) is 0 Å². The highest BCUT2D eigenvalue weighted by atomic mass is 19.4. The zero-order valence-electron chi connectivity index (χ0n) is 16.3. The first-order valence-corrected chi connectivity index (χ1v) is 10.6. The van der Waals surface area contributed by atoms with E-state index in [1.54, 1.807) is 6.07 Å². The van der Waals surface area contributed by atoms with Crippen LogP contribution in [-0.2, 0) is 17.5 Å². The highest BCUT2D eigenvalue weighted by Gasteiger charge is 2.39. The summed E-state index contributed by atoms with van der Waals surface area (Å²) in [4.78, 5) is 17.2. The number of hydrogen-bond donors (Lipinski definition) is 0. The van der Waals surface area contributed by atoms with Crippen LogP contribution in [0.15, 0.2) is 24.3 Å². The van der Waals surface area contributed by atoms with Crippen molar-refractivity contribution in [3.8, 4) is 0 Å². The summed E-state index contributed by atoms with van der Waals surface area (Å²) >= 11 is 0. The van der Waals surface area contributed by atoms with Crippen LogP contribution in [0.4, 0.5) is 13.2 Å². The molecule has 4 rings (SSSR count). The van der Waals surface area contributed by atoms with Crippen molar-refractivity contribution in [3.63, 3.8) is 0 Å². The number of benzene rings is 1. The quantitative estimate of drug-likeness (QED) is 0.750. The van der Waals surface area contributed by atoms with Crippen molar-refractivity contribution in [2.45, 2.75) is 51.2 Å². The predicted molar refractivity (Wildman–Crippen MR) is 101 cm³/mol. The van der Waals surface area contributed by atoms with E-state index in [2.05, 4.69) is 9.80 Å². The van der Waals surface area contributed by atoms with Crippen molar-refractivity contribution in [1.82, 2.24) is 9.80 Å². The summed E-state index contributed by atoms with van der Waals surface area (Å²) in [5.41, 5.74) is 0.0915. The van der Waals surface area contributed by atoms with Gasteiger partial charge < -0.3 is 4.90 Å². The van der Waals surface area contributed by atoms with E-state index in [1.807, 2.05) is 0 Å². The Morgan fingerprint density at radius 1 is 1.00 bits per heavy atom. The van der Waals surface area contributed by atoms with E-state index in [0.29, 0.717) is 29.9 Å². The number of fused-ring (bicyclic) bond motifs is 1. The molecule has 3 aliphatic rings. The van der Waals surface area contributed by atoms with Gasteiger partial charge in [-0.1, -0.05) is 31.0 Å². The molecule has 1 saturated carbocycles. The molecule has 0 spiro atoms. The van der Waals surface area contributed by atoms with Crippen molar-refractivity contribution in [1.29, 1.82) is 0 Å². The molecule has 3 nitrogen and oxygen atoms in total. The molecule has 154 valence electrons. The average molecular weight is 394 g/mol. The molecule has 28 heavy (non-hydrogen) atoms. The SMILES string of the molecule is O=C(C1CCN(Cc2cccc(C(F)(F)F)c2)CC1)N1CC2CCCCC2C1. The number of hydrogen-bond acceptors (Lipinski definition) is 2. The van der Waals surface area contributed by atoms with Crippen LogP contribution in [0.2, 0.25) is 0 Å². The minimum Gasteiger partial charge on any atom is -0.342 e. The third kappa shape index (κ3) is 4.37. The summed E-state index contributed by atoms with van der Waals surface area (Å²) in [6, 6.07) is 5.57. The maximum atomic E-state index is 12.9. The molecule has 1 amide bonds. The van der Waals surface area contributed by atoms with Crippen LogP contribution in [0.25, 0.3) is 0 Å². The lowest BCUT2D eigenvalue weighted by molar-refractivity contribution is -0.138. The third-order valence-corrected chi connectivity index (χ3v) is 6.89. The molecule has 2 atom stereocenters. The number of amides is 1. The molecule has 0 radical (unpaired) electrons. The summed E-state index contributed by atoms with van der Waals surface area (Å²) in [6.07, 6.45) is 2.46. The summed E-state index contributed by atoms with van der Waals surface area (Å²) in [5.74, 6) is 1.81. The molecular weight excluding hydrogens is 365 g/mol. The first kappa shape index (κ1) is 19.7. The Balaban J connectivity index is 1.28. The normalized spacial score (nSPS) is 27.0. The van der Waals surface area contributed by atoms with Gasteiger partial charge >= 0.3 is 6.18 Å². The number of carbonyl (C=O) groups excluding carboxylic acids is 1. The highest BCUT2D eigenvalue weighted by Crippen LogP contribution is 2.37. The molecule has 2 unspecified atom stereocenters. The van der Waals surface area contributed by atoms with Crippen molar-refractivity contribution >= 4 is 5.91 Å². The Bertz CT molecular complexity index is 683. The van der Waals surface area contributed by atoms with E-state index < -0.39 is 11.7 Å². The molecular formula is C22H29F3N2O. The number of nitrogens with zero attached hydrogens (tertiary/aromatic N) is 2. The molecule has 1 aromatic rings. The van der Waals surface area contributed by atoms with Gasteiger partial charge in [0.1, 0.15) is 0 Å². The summed E-state index contributed by atoms with van der Waals surface area (Å²) < 4.78 is 38.7. The van der Waals surface area contributed by atoms with Gasteiger partial charge in [0, 0.05) is 25.6 Å². The minimum atomic E-state index is -4.30. The number of halogens is 3. The number of alkyl halides is 3. The summed E-state index contributed by atoms with van der Waals surface area (Å²) in [6.45, 7) is 3.93. The molecule has 0 N–H and O–H groups in total. The zero-order chi connectivity index (χ0) is 19.7. The van der Waals surface area contributed by atoms with Crippen molar-refractivity contribution in [2.75, 3.05) is 26.2 Å². The number of likely N-dealkylation sites (tertiary alicyclic amines) is 2. The monoisotopic (exact) mass is 394 g/mol. The van der Waals surface area contributed by atoms with E-state index in [9.17, 15) is 18.0 Å². The van der Waals surface area contributed by atoms with Gasteiger partial charge in [-0.15, -0.1) is 0 Å². The van der Waals surface area contributed by atoms with E-state index >= 15 is 0 Å². The van der Waals surface area contributed by atoms with Crippen LogP contribution < -0.4 is 0 Å². The molecule has 0 bridgehead atoms. The standard InChI is InChI=1S/C22H29F3N2O/c23-22(24,25)20-7-3-4-16(12-20)13-26-10-8-17(9-11-26)21(28)27-14-18-5-1-2-6-19(18)15-27/h3-4,7,12,17-19H,1-2,5-6,8-11,13-15H2. The van der Waals surface area contributed by atoms with Crippen molar-refractivity contribution in [2.24, 2.45) is 17.8 Å². The molecule has 1 aromatic carbocycles. The molecule has 2 heterocycles. The predicted octanol–water partition coefficient (Wildman–Crippen LogP) is 4.57. The van der Waals surface area contributed by atoms with Crippen LogP contribution in [0.5, 0.6) is 0 Å². The largest absolute Gasteiger partial charge is 0.416 e. The second-order valence-corrected chi connectivity index (χ2v) is 8.80. The fourth-order valence-corrected chi connectivity index (χ4v) is 5.29. The maximum Gasteiger partial charge on any atom is 0.416 e. The average Bonchev–Trinajstić information content (AvgIpc) is 3.12. The van der Waals surface area contributed by atoms with Crippen molar-refractivity contribution in [3.05, 3.63) is 35.4 Å². The van der Waals surface area contributed by atoms with Gasteiger partial charge in [-0.05, 0) is 62.2 Å². The molecule has 0 aromatic heterocycles. The second kappa shape index (κ2) is 8.05. The van der Waals surface area contributed by atoms with Gasteiger partial charge in [0.25, 0.3) is 0 Å². The fourth-order valence-electron chi connectivity index (χ4n) is 5.29. The molecule has 2 saturated heterocycles. The van der Waals surface area contributed by atoms with Gasteiger partial charge in [-0.2, -0.15) is 13.2 Å². The molecule has 3 fully saturated rings. The lowest BCUT2D eigenvalue weighted by atomic mass is 9.82. The van der Waals surface area contributed by atoms with E-state index in [0.717, 1.165) is 45.1 Å². The smallest absolute Gasteiger partial charge is 0.342 e. The first-order valence-electron chi connectivity index (χ1n) is 10.6. The second-order valence-electron chi connectivity index (χ2n) is 8.80. The van der Waals surface area contributed by atoms with Gasteiger partial charge in [0.2, 0.25) is 5.91 Å². The number of carbonyl (C=O) groups is 1. The van der Waals surface area contributed by atoms with Crippen LogP contribution in [0.3, 0.4) is 0 Å². The molecule has 6 heteroatoms. The number of rotatable bonds is 3. The van der Waals surface area contributed by atoms with Gasteiger partial charge in [-0.3, -0.25) is 9.69 Å². The Morgan fingerprint density at radius 2 is 1.64 bits per heavy atom. The summed E-state index contributed by atoms with van der Waals surface area (Å²) in [7, 11) is 0. The van der Waals surface area contributed by atoms with E-state index in [-0.39, 0.29) is 5.92 Å². The minimum absolute atomic E-state index is 0.0814. The van der Waals surface area contributed by atoms with Gasteiger partial charge in [0.15, 0.2) is 0 Å².